The standard InChI is InChI=1S/C15H11FO2/c1-10-12(9-17)3-2-4-14(10)15(18)11-5-7-13(16)8-6-11/h2-9H,1H3. The topological polar surface area (TPSA) is 34.1 Å². The Bertz CT molecular complexity index is 600. The number of halogens is 1. The summed E-state index contributed by atoms with van der Waals surface area (Å²) in [6, 6.07) is 10.3. The second kappa shape index (κ2) is 4.92. The van der Waals surface area contributed by atoms with Crippen LogP contribution in [0, 0.1) is 12.7 Å². The summed E-state index contributed by atoms with van der Waals surface area (Å²) in [4.78, 5) is 23.0. The van der Waals surface area contributed by atoms with Gasteiger partial charge in [0.1, 0.15) is 12.1 Å². The van der Waals surface area contributed by atoms with Crippen LogP contribution in [0.25, 0.3) is 0 Å². The first-order valence-corrected chi connectivity index (χ1v) is 5.48. The monoisotopic (exact) mass is 242 g/mol. The summed E-state index contributed by atoms with van der Waals surface area (Å²) >= 11 is 0. The van der Waals surface area contributed by atoms with Crippen LogP contribution >= 0.6 is 0 Å². The van der Waals surface area contributed by atoms with Gasteiger partial charge in [0.2, 0.25) is 0 Å². The van der Waals surface area contributed by atoms with Gasteiger partial charge in [-0.1, -0.05) is 18.2 Å². The van der Waals surface area contributed by atoms with E-state index in [0.717, 1.165) is 6.29 Å². The van der Waals surface area contributed by atoms with Gasteiger partial charge in [0, 0.05) is 16.7 Å². The van der Waals surface area contributed by atoms with E-state index < -0.39 is 0 Å². The van der Waals surface area contributed by atoms with Crippen molar-refractivity contribution in [3.8, 4) is 0 Å². The number of aldehydes is 1. The summed E-state index contributed by atoms with van der Waals surface area (Å²) < 4.78 is 12.8. The number of rotatable bonds is 3. The number of carbonyl (C=O) groups excluding carboxylic acids is 2. The largest absolute Gasteiger partial charge is 0.298 e. The maximum atomic E-state index is 12.8. The summed E-state index contributed by atoms with van der Waals surface area (Å²) in [5.41, 5.74) is 2.00. The molecule has 0 heterocycles. The molecular formula is C15H11FO2. The van der Waals surface area contributed by atoms with Crippen LogP contribution in [0.3, 0.4) is 0 Å². The molecule has 0 atom stereocenters. The fraction of sp³-hybridized carbons (Fsp3) is 0.0667. The third kappa shape index (κ3) is 2.20. The molecule has 0 amide bonds. The summed E-state index contributed by atoms with van der Waals surface area (Å²) in [5.74, 6) is -0.596. The van der Waals surface area contributed by atoms with E-state index in [1.54, 1.807) is 25.1 Å². The molecule has 0 saturated heterocycles. The molecule has 18 heavy (non-hydrogen) atoms. The van der Waals surface area contributed by atoms with Crippen LogP contribution in [-0.4, -0.2) is 12.1 Å². The van der Waals surface area contributed by atoms with Gasteiger partial charge in [0.05, 0.1) is 0 Å². The Morgan fingerprint density at radius 1 is 1.11 bits per heavy atom. The van der Waals surface area contributed by atoms with E-state index in [1.165, 1.54) is 24.3 Å². The van der Waals surface area contributed by atoms with Crippen molar-refractivity contribution in [3.05, 3.63) is 70.5 Å². The number of carbonyl (C=O) groups is 2. The van der Waals surface area contributed by atoms with Gasteiger partial charge < -0.3 is 0 Å². The molecule has 0 fully saturated rings. The van der Waals surface area contributed by atoms with Gasteiger partial charge in [-0.25, -0.2) is 4.39 Å². The Kier molecular flexibility index (Phi) is 3.33. The van der Waals surface area contributed by atoms with Gasteiger partial charge in [-0.3, -0.25) is 9.59 Å². The second-order valence-electron chi connectivity index (χ2n) is 3.97. The highest BCUT2D eigenvalue weighted by Gasteiger charge is 2.13. The first kappa shape index (κ1) is 12.2. The lowest BCUT2D eigenvalue weighted by atomic mass is 9.96. The molecule has 90 valence electrons. The first-order chi connectivity index (χ1) is 8.63. The third-order valence-corrected chi connectivity index (χ3v) is 2.85. The van der Waals surface area contributed by atoms with Crippen molar-refractivity contribution in [2.45, 2.75) is 6.92 Å². The molecule has 0 aliphatic heterocycles. The molecule has 0 aromatic heterocycles. The molecule has 0 unspecified atom stereocenters. The van der Waals surface area contributed by atoms with Gasteiger partial charge in [-0.2, -0.15) is 0 Å². The van der Waals surface area contributed by atoms with Crippen molar-refractivity contribution in [1.82, 2.24) is 0 Å². The van der Waals surface area contributed by atoms with Crippen LogP contribution in [0.2, 0.25) is 0 Å². The van der Waals surface area contributed by atoms with Crippen molar-refractivity contribution < 1.29 is 14.0 Å². The molecule has 2 nitrogen and oxygen atoms in total. The van der Waals surface area contributed by atoms with Crippen LogP contribution in [0.1, 0.15) is 31.8 Å². The van der Waals surface area contributed by atoms with Crippen LogP contribution in [0.4, 0.5) is 4.39 Å². The lowest BCUT2D eigenvalue weighted by molar-refractivity contribution is 0.103. The lowest BCUT2D eigenvalue weighted by Gasteiger charge is -2.06. The highest BCUT2D eigenvalue weighted by atomic mass is 19.1. The van der Waals surface area contributed by atoms with E-state index >= 15 is 0 Å². The zero-order valence-corrected chi connectivity index (χ0v) is 9.81. The van der Waals surface area contributed by atoms with Gasteiger partial charge >= 0.3 is 0 Å². The molecule has 2 aromatic rings. The number of hydrogen-bond donors (Lipinski definition) is 0. The van der Waals surface area contributed by atoms with Crippen LogP contribution in [-0.2, 0) is 0 Å². The van der Waals surface area contributed by atoms with Crippen molar-refractivity contribution in [2.24, 2.45) is 0 Å². The van der Waals surface area contributed by atoms with Crippen LogP contribution < -0.4 is 0 Å². The molecule has 0 N–H and O–H groups in total. The van der Waals surface area contributed by atoms with E-state index in [9.17, 15) is 14.0 Å². The minimum Gasteiger partial charge on any atom is -0.298 e. The van der Waals surface area contributed by atoms with E-state index in [0.29, 0.717) is 22.3 Å². The van der Waals surface area contributed by atoms with Crippen molar-refractivity contribution in [3.63, 3.8) is 0 Å². The fourth-order valence-electron chi connectivity index (χ4n) is 1.78. The average molecular weight is 242 g/mol. The Hall–Kier alpha value is -2.29. The summed E-state index contributed by atoms with van der Waals surface area (Å²) in [6.45, 7) is 1.72. The quantitative estimate of drug-likeness (QED) is 0.612. The SMILES string of the molecule is Cc1c(C=O)cccc1C(=O)c1ccc(F)cc1. The van der Waals surface area contributed by atoms with E-state index in [-0.39, 0.29) is 11.6 Å². The number of hydrogen-bond acceptors (Lipinski definition) is 2. The number of benzene rings is 2. The van der Waals surface area contributed by atoms with Crippen LogP contribution in [0.15, 0.2) is 42.5 Å². The highest BCUT2D eigenvalue weighted by molar-refractivity contribution is 6.10. The van der Waals surface area contributed by atoms with Crippen molar-refractivity contribution >= 4 is 12.1 Å². The predicted molar refractivity (Wildman–Crippen MR) is 66.4 cm³/mol. The maximum Gasteiger partial charge on any atom is 0.193 e. The zero-order chi connectivity index (χ0) is 13.1. The number of ketones is 1. The van der Waals surface area contributed by atoms with E-state index in [4.69, 9.17) is 0 Å². The van der Waals surface area contributed by atoms with Crippen molar-refractivity contribution in [1.29, 1.82) is 0 Å². The fourth-order valence-corrected chi connectivity index (χ4v) is 1.78. The lowest BCUT2D eigenvalue weighted by Crippen LogP contribution is -2.05. The average Bonchev–Trinajstić information content (AvgIpc) is 2.39. The highest BCUT2D eigenvalue weighted by Crippen LogP contribution is 2.17. The third-order valence-electron chi connectivity index (χ3n) is 2.85. The Labute approximate surface area is 104 Å². The van der Waals surface area contributed by atoms with E-state index in [2.05, 4.69) is 0 Å². The maximum absolute atomic E-state index is 12.8. The Balaban J connectivity index is 2.46. The van der Waals surface area contributed by atoms with Gasteiger partial charge in [-0.15, -0.1) is 0 Å². The van der Waals surface area contributed by atoms with Gasteiger partial charge in [0.25, 0.3) is 0 Å². The van der Waals surface area contributed by atoms with Gasteiger partial charge in [-0.05, 0) is 36.8 Å². The van der Waals surface area contributed by atoms with Crippen molar-refractivity contribution in [2.75, 3.05) is 0 Å². The molecule has 2 rings (SSSR count). The molecule has 0 saturated carbocycles. The minimum atomic E-state index is -0.384. The smallest absolute Gasteiger partial charge is 0.193 e. The molecule has 0 aliphatic carbocycles. The Morgan fingerprint density at radius 3 is 2.39 bits per heavy atom. The predicted octanol–water partition coefficient (Wildman–Crippen LogP) is 3.18. The molecule has 3 heteroatoms. The molecule has 0 radical (unpaired) electrons. The van der Waals surface area contributed by atoms with E-state index in [1.807, 2.05) is 0 Å². The summed E-state index contributed by atoms with van der Waals surface area (Å²) in [6.07, 6.45) is 0.719. The summed E-state index contributed by atoms with van der Waals surface area (Å²) in [5, 5.41) is 0. The normalized spacial score (nSPS) is 10.1. The molecular weight excluding hydrogens is 231 g/mol. The van der Waals surface area contributed by atoms with Gasteiger partial charge in [0.15, 0.2) is 5.78 Å². The first-order valence-electron chi connectivity index (χ1n) is 5.48. The second-order valence-corrected chi connectivity index (χ2v) is 3.97. The minimum absolute atomic E-state index is 0.212. The molecule has 0 aliphatic rings. The summed E-state index contributed by atoms with van der Waals surface area (Å²) in [7, 11) is 0. The molecule has 2 aromatic carbocycles. The van der Waals surface area contributed by atoms with Crippen LogP contribution in [0.5, 0.6) is 0 Å². The molecule has 0 bridgehead atoms. The Morgan fingerprint density at radius 2 is 1.78 bits per heavy atom. The molecule has 0 spiro atoms. The zero-order valence-electron chi connectivity index (χ0n) is 9.81.